The lowest BCUT2D eigenvalue weighted by Crippen LogP contribution is -2.23. The van der Waals surface area contributed by atoms with Crippen LogP contribution in [0.1, 0.15) is 11.4 Å². The standard InChI is InChI=1S/C14H13N5O2S/c1-9-17-18-14(22-9)16-12(20)6-7-19-8-15-11-5-3-2-4-10(11)13(19)21/h2-5,8H,6-7H2,1H3,(H,16,18,20). The van der Waals surface area contributed by atoms with Gasteiger partial charge in [-0.05, 0) is 19.1 Å². The van der Waals surface area contributed by atoms with E-state index in [2.05, 4.69) is 20.5 Å². The Morgan fingerprint density at radius 1 is 1.32 bits per heavy atom. The third kappa shape index (κ3) is 3.01. The summed E-state index contributed by atoms with van der Waals surface area (Å²) in [6, 6.07) is 7.13. The largest absolute Gasteiger partial charge is 0.300 e. The number of carbonyl (C=O) groups excluding carboxylic acids is 1. The van der Waals surface area contributed by atoms with Crippen LogP contribution in [0.5, 0.6) is 0 Å². The Labute approximate surface area is 129 Å². The molecule has 0 spiro atoms. The number of aromatic nitrogens is 4. The van der Waals surface area contributed by atoms with Gasteiger partial charge >= 0.3 is 0 Å². The fourth-order valence-electron chi connectivity index (χ4n) is 2.02. The second-order valence-corrected chi connectivity index (χ2v) is 5.87. The topological polar surface area (TPSA) is 89.8 Å². The third-order valence-corrected chi connectivity index (χ3v) is 3.84. The summed E-state index contributed by atoms with van der Waals surface area (Å²) >= 11 is 1.31. The van der Waals surface area contributed by atoms with E-state index in [0.29, 0.717) is 16.0 Å². The molecule has 3 aromatic rings. The van der Waals surface area contributed by atoms with E-state index in [0.717, 1.165) is 5.01 Å². The van der Waals surface area contributed by atoms with Crippen molar-refractivity contribution in [1.82, 2.24) is 19.7 Å². The molecule has 0 aliphatic rings. The monoisotopic (exact) mass is 315 g/mol. The summed E-state index contributed by atoms with van der Waals surface area (Å²) in [4.78, 5) is 28.4. The van der Waals surface area contributed by atoms with Gasteiger partial charge in [-0.1, -0.05) is 23.5 Å². The molecule has 0 bridgehead atoms. The lowest BCUT2D eigenvalue weighted by Gasteiger charge is -2.06. The first-order valence-electron chi connectivity index (χ1n) is 6.67. The Hall–Kier alpha value is -2.61. The van der Waals surface area contributed by atoms with Gasteiger partial charge < -0.3 is 5.32 Å². The van der Waals surface area contributed by atoms with Gasteiger partial charge in [-0.15, -0.1) is 10.2 Å². The van der Waals surface area contributed by atoms with Crippen LogP contribution < -0.4 is 10.9 Å². The van der Waals surface area contributed by atoms with Crippen LogP contribution in [0.3, 0.4) is 0 Å². The predicted molar refractivity (Wildman–Crippen MR) is 83.9 cm³/mol. The highest BCUT2D eigenvalue weighted by atomic mass is 32.1. The zero-order valence-electron chi connectivity index (χ0n) is 11.8. The summed E-state index contributed by atoms with van der Waals surface area (Å²) in [5.74, 6) is -0.212. The van der Waals surface area contributed by atoms with Crippen LogP contribution in [0, 0.1) is 6.92 Å². The van der Waals surface area contributed by atoms with Crippen molar-refractivity contribution in [1.29, 1.82) is 0 Å². The van der Waals surface area contributed by atoms with Gasteiger partial charge in [0.25, 0.3) is 5.56 Å². The number of nitrogens with zero attached hydrogens (tertiary/aromatic N) is 4. The van der Waals surface area contributed by atoms with E-state index >= 15 is 0 Å². The maximum atomic E-state index is 12.3. The van der Waals surface area contributed by atoms with Crippen LogP contribution in [0.4, 0.5) is 5.13 Å². The fourth-order valence-corrected chi connectivity index (χ4v) is 2.62. The number of fused-ring (bicyclic) bond motifs is 1. The van der Waals surface area contributed by atoms with E-state index in [4.69, 9.17) is 0 Å². The van der Waals surface area contributed by atoms with Gasteiger partial charge in [0.05, 0.1) is 17.2 Å². The molecule has 22 heavy (non-hydrogen) atoms. The van der Waals surface area contributed by atoms with Crippen molar-refractivity contribution in [3.63, 3.8) is 0 Å². The Morgan fingerprint density at radius 3 is 2.91 bits per heavy atom. The number of para-hydroxylation sites is 1. The third-order valence-electron chi connectivity index (χ3n) is 3.08. The van der Waals surface area contributed by atoms with E-state index in [9.17, 15) is 9.59 Å². The van der Waals surface area contributed by atoms with E-state index in [1.165, 1.54) is 22.2 Å². The number of hydrogen-bond acceptors (Lipinski definition) is 6. The molecule has 112 valence electrons. The molecular formula is C14H13N5O2S. The SMILES string of the molecule is Cc1nnc(NC(=O)CCn2cnc3ccccc3c2=O)s1. The molecule has 0 aliphatic heterocycles. The highest BCUT2D eigenvalue weighted by Crippen LogP contribution is 2.13. The van der Waals surface area contributed by atoms with Crippen LogP contribution in [0.2, 0.25) is 0 Å². The molecule has 0 saturated heterocycles. The quantitative estimate of drug-likeness (QED) is 0.789. The number of nitrogens with one attached hydrogen (secondary N) is 1. The van der Waals surface area contributed by atoms with Crippen LogP contribution in [0.25, 0.3) is 10.9 Å². The van der Waals surface area contributed by atoms with Crippen molar-refractivity contribution < 1.29 is 4.79 Å². The van der Waals surface area contributed by atoms with Gasteiger partial charge in [0.1, 0.15) is 5.01 Å². The number of anilines is 1. The van der Waals surface area contributed by atoms with E-state index in [1.807, 2.05) is 13.0 Å². The lowest BCUT2D eigenvalue weighted by atomic mass is 10.2. The Bertz CT molecular complexity index is 886. The molecule has 0 radical (unpaired) electrons. The van der Waals surface area contributed by atoms with Crippen molar-refractivity contribution in [2.24, 2.45) is 0 Å². The first kappa shape index (κ1) is 14.3. The summed E-state index contributed by atoms with van der Waals surface area (Å²) in [5.41, 5.74) is 0.502. The van der Waals surface area contributed by atoms with Gasteiger partial charge in [0, 0.05) is 13.0 Å². The summed E-state index contributed by atoms with van der Waals surface area (Å²) < 4.78 is 1.44. The molecule has 0 saturated carbocycles. The van der Waals surface area contributed by atoms with Crippen LogP contribution in [0.15, 0.2) is 35.4 Å². The van der Waals surface area contributed by atoms with Gasteiger partial charge in [-0.2, -0.15) is 0 Å². The van der Waals surface area contributed by atoms with Crippen molar-refractivity contribution in [3.05, 3.63) is 46.0 Å². The number of benzene rings is 1. The zero-order valence-corrected chi connectivity index (χ0v) is 12.6. The highest BCUT2D eigenvalue weighted by molar-refractivity contribution is 7.15. The lowest BCUT2D eigenvalue weighted by molar-refractivity contribution is -0.116. The first-order valence-corrected chi connectivity index (χ1v) is 7.49. The molecular weight excluding hydrogens is 302 g/mol. The fraction of sp³-hybridized carbons (Fsp3) is 0.214. The van der Waals surface area contributed by atoms with Gasteiger partial charge in [-0.3, -0.25) is 14.2 Å². The summed E-state index contributed by atoms with van der Waals surface area (Å²) in [7, 11) is 0. The highest BCUT2D eigenvalue weighted by Gasteiger charge is 2.08. The minimum atomic E-state index is -0.212. The second kappa shape index (κ2) is 6.02. The number of carbonyl (C=O) groups is 1. The number of rotatable bonds is 4. The summed E-state index contributed by atoms with van der Waals surface area (Å²) in [6.45, 7) is 2.08. The molecule has 2 aromatic heterocycles. The van der Waals surface area contributed by atoms with Crippen LogP contribution >= 0.6 is 11.3 Å². The van der Waals surface area contributed by atoms with Gasteiger partial charge in [0.15, 0.2) is 0 Å². The smallest absolute Gasteiger partial charge is 0.261 e. The van der Waals surface area contributed by atoms with Crippen molar-refractivity contribution in [2.75, 3.05) is 5.32 Å². The van der Waals surface area contributed by atoms with Crippen molar-refractivity contribution in [3.8, 4) is 0 Å². The van der Waals surface area contributed by atoms with Crippen molar-refractivity contribution >= 4 is 33.3 Å². The molecule has 1 amide bonds. The van der Waals surface area contributed by atoms with Gasteiger partial charge in [-0.25, -0.2) is 4.98 Å². The number of amides is 1. The molecule has 0 fully saturated rings. The molecule has 0 unspecified atom stereocenters. The number of hydrogen-bond donors (Lipinski definition) is 1. The molecule has 1 N–H and O–H groups in total. The normalized spacial score (nSPS) is 10.8. The molecule has 0 aliphatic carbocycles. The average Bonchev–Trinajstić information content (AvgIpc) is 2.92. The molecule has 0 atom stereocenters. The summed E-state index contributed by atoms with van der Waals surface area (Å²) in [5, 5.41) is 12.1. The maximum Gasteiger partial charge on any atom is 0.261 e. The molecule has 7 nitrogen and oxygen atoms in total. The molecule has 3 rings (SSSR count). The maximum absolute atomic E-state index is 12.3. The minimum Gasteiger partial charge on any atom is -0.300 e. The Kier molecular flexibility index (Phi) is 3.92. The second-order valence-electron chi connectivity index (χ2n) is 4.68. The van der Waals surface area contributed by atoms with Crippen LogP contribution in [-0.4, -0.2) is 25.7 Å². The van der Waals surface area contributed by atoms with Gasteiger partial charge in [0.2, 0.25) is 11.0 Å². The Balaban J connectivity index is 1.70. The average molecular weight is 315 g/mol. The molecule has 8 heteroatoms. The molecule has 1 aromatic carbocycles. The zero-order chi connectivity index (χ0) is 15.5. The number of aryl methyl sites for hydroxylation is 2. The molecule has 2 heterocycles. The van der Waals surface area contributed by atoms with E-state index in [1.54, 1.807) is 18.2 Å². The van der Waals surface area contributed by atoms with Crippen molar-refractivity contribution in [2.45, 2.75) is 19.9 Å². The summed E-state index contributed by atoms with van der Waals surface area (Å²) in [6.07, 6.45) is 1.63. The predicted octanol–water partition coefficient (Wildman–Crippen LogP) is 1.59. The van der Waals surface area contributed by atoms with Crippen LogP contribution in [-0.2, 0) is 11.3 Å². The van der Waals surface area contributed by atoms with E-state index in [-0.39, 0.29) is 24.4 Å². The minimum absolute atomic E-state index is 0.148. The Morgan fingerprint density at radius 2 is 2.14 bits per heavy atom. The van der Waals surface area contributed by atoms with E-state index < -0.39 is 0 Å². The first-order chi connectivity index (χ1) is 10.6.